The Morgan fingerprint density at radius 3 is 2.68 bits per heavy atom. The Balaban J connectivity index is 1.88. The number of fused-ring (bicyclic) bond motifs is 1. The molecule has 2 aromatic carbocycles. The van der Waals surface area contributed by atoms with E-state index in [0.29, 0.717) is 6.54 Å². The second-order valence-electron chi connectivity index (χ2n) is 5.96. The molecule has 0 atom stereocenters. The minimum atomic E-state index is 0.621. The summed E-state index contributed by atoms with van der Waals surface area (Å²) in [4.78, 5) is 4.76. The number of nitrogens with zero attached hydrogens (tertiary/aromatic N) is 2. The minimum Gasteiger partial charge on any atom is -0.497 e. The normalized spacial score (nSPS) is 10.8. The summed E-state index contributed by atoms with van der Waals surface area (Å²) in [6.07, 6.45) is 2.27. The van der Waals surface area contributed by atoms with Crippen molar-refractivity contribution in [1.82, 2.24) is 9.55 Å². The molecule has 0 aliphatic heterocycles. The Labute approximate surface area is 148 Å². The van der Waals surface area contributed by atoms with Crippen molar-refractivity contribution in [2.75, 3.05) is 19.5 Å². The summed E-state index contributed by atoms with van der Waals surface area (Å²) < 4.78 is 13.0. The van der Waals surface area contributed by atoms with E-state index < -0.39 is 0 Å². The summed E-state index contributed by atoms with van der Waals surface area (Å²) in [5, 5.41) is 3.47. The van der Waals surface area contributed by atoms with Gasteiger partial charge in [-0.1, -0.05) is 25.5 Å². The van der Waals surface area contributed by atoms with Crippen LogP contribution in [0, 0.1) is 0 Å². The fourth-order valence-corrected chi connectivity index (χ4v) is 2.95. The number of hydrogen-bond acceptors (Lipinski definition) is 4. The highest BCUT2D eigenvalue weighted by Gasteiger charge is 2.11. The maximum absolute atomic E-state index is 5.46. The van der Waals surface area contributed by atoms with E-state index in [9.17, 15) is 0 Å². The van der Waals surface area contributed by atoms with Gasteiger partial charge in [0.05, 0.1) is 25.3 Å². The van der Waals surface area contributed by atoms with Crippen molar-refractivity contribution in [2.45, 2.75) is 32.9 Å². The number of methoxy groups -OCH3 is 2. The number of nitrogens with one attached hydrogen (secondary N) is 1. The summed E-state index contributed by atoms with van der Waals surface area (Å²) in [6, 6.07) is 14.1. The smallest absolute Gasteiger partial charge is 0.204 e. The first-order valence-corrected chi connectivity index (χ1v) is 8.66. The number of hydrogen-bond donors (Lipinski definition) is 1. The van der Waals surface area contributed by atoms with Gasteiger partial charge in [-0.25, -0.2) is 4.98 Å². The molecule has 0 saturated heterocycles. The van der Waals surface area contributed by atoms with E-state index in [4.69, 9.17) is 14.5 Å². The Hall–Kier alpha value is -2.69. The van der Waals surface area contributed by atoms with Crippen molar-refractivity contribution in [3.8, 4) is 11.5 Å². The van der Waals surface area contributed by atoms with E-state index in [-0.39, 0.29) is 0 Å². The van der Waals surface area contributed by atoms with Gasteiger partial charge in [0.25, 0.3) is 0 Å². The summed E-state index contributed by atoms with van der Waals surface area (Å²) in [6.45, 7) is 3.78. The molecule has 3 rings (SSSR count). The average molecular weight is 339 g/mol. The quantitative estimate of drug-likeness (QED) is 0.658. The van der Waals surface area contributed by atoms with E-state index in [1.54, 1.807) is 14.2 Å². The fraction of sp³-hybridized carbons (Fsp3) is 0.350. The third kappa shape index (κ3) is 3.71. The number of anilines is 1. The molecule has 1 heterocycles. The standard InChI is InChI=1S/C20H25N3O2/c1-4-5-12-23-18-9-7-6-8-17(18)22-20(23)21-14-15-13-16(24-2)10-11-19(15)25-3/h6-11,13H,4-5,12,14H2,1-3H3,(H,21,22). The Morgan fingerprint density at radius 2 is 1.92 bits per heavy atom. The van der Waals surface area contributed by atoms with Crippen LogP contribution in [-0.2, 0) is 13.1 Å². The molecule has 0 saturated carbocycles. The third-order valence-electron chi connectivity index (χ3n) is 4.31. The number of para-hydroxylation sites is 2. The molecule has 0 bridgehead atoms. The topological polar surface area (TPSA) is 48.3 Å². The van der Waals surface area contributed by atoms with Crippen LogP contribution in [0.25, 0.3) is 11.0 Å². The number of unbranched alkanes of at least 4 members (excludes halogenated alkanes) is 1. The largest absolute Gasteiger partial charge is 0.497 e. The lowest BCUT2D eigenvalue weighted by atomic mass is 10.2. The van der Waals surface area contributed by atoms with Gasteiger partial charge in [-0.05, 0) is 36.8 Å². The van der Waals surface area contributed by atoms with E-state index in [1.165, 1.54) is 0 Å². The number of rotatable bonds is 8. The SMILES string of the molecule is CCCCn1c(NCc2cc(OC)ccc2OC)nc2ccccc21. The summed E-state index contributed by atoms with van der Waals surface area (Å²) in [5.74, 6) is 2.54. The molecule has 1 aromatic heterocycles. The average Bonchev–Trinajstić information content (AvgIpc) is 3.01. The lowest BCUT2D eigenvalue weighted by molar-refractivity contribution is 0.399. The molecule has 0 fully saturated rings. The Kier molecular flexibility index (Phi) is 5.43. The minimum absolute atomic E-state index is 0.621. The van der Waals surface area contributed by atoms with Crippen LogP contribution in [0.2, 0.25) is 0 Å². The number of imidazole rings is 1. The monoisotopic (exact) mass is 339 g/mol. The lowest BCUT2D eigenvalue weighted by Gasteiger charge is -2.13. The molecule has 0 aliphatic rings. The second-order valence-corrected chi connectivity index (χ2v) is 5.96. The van der Waals surface area contributed by atoms with Gasteiger partial charge >= 0.3 is 0 Å². The van der Waals surface area contributed by atoms with Crippen molar-refractivity contribution >= 4 is 17.0 Å². The van der Waals surface area contributed by atoms with Crippen LogP contribution >= 0.6 is 0 Å². The zero-order valence-electron chi connectivity index (χ0n) is 15.1. The fourth-order valence-electron chi connectivity index (χ4n) is 2.95. The van der Waals surface area contributed by atoms with Crippen molar-refractivity contribution < 1.29 is 9.47 Å². The van der Waals surface area contributed by atoms with Gasteiger partial charge in [-0.2, -0.15) is 0 Å². The summed E-state index contributed by atoms with van der Waals surface area (Å²) in [7, 11) is 3.35. The van der Waals surface area contributed by atoms with Gasteiger partial charge in [-0.3, -0.25) is 0 Å². The first-order chi connectivity index (χ1) is 12.3. The number of aromatic nitrogens is 2. The second kappa shape index (κ2) is 7.92. The van der Waals surface area contributed by atoms with Crippen LogP contribution in [0.3, 0.4) is 0 Å². The molecule has 0 amide bonds. The molecular weight excluding hydrogens is 314 g/mol. The van der Waals surface area contributed by atoms with E-state index in [1.807, 2.05) is 24.3 Å². The molecule has 5 nitrogen and oxygen atoms in total. The molecule has 0 radical (unpaired) electrons. The third-order valence-corrected chi connectivity index (χ3v) is 4.31. The van der Waals surface area contributed by atoms with Crippen LogP contribution in [0.15, 0.2) is 42.5 Å². The summed E-state index contributed by atoms with van der Waals surface area (Å²) >= 11 is 0. The molecule has 3 aromatic rings. The number of benzene rings is 2. The van der Waals surface area contributed by atoms with Crippen molar-refractivity contribution in [2.24, 2.45) is 0 Å². The zero-order chi connectivity index (χ0) is 17.6. The van der Waals surface area contributed by atoms with Gasteiger partial charge in [-0.15, -0.1) is 0 Å². The Morgan fingerprint density at radius 1 is 1.08 bits per heavy atom. The molecule has 132 valence electrons. The van der Waals surface area contributed by atoms with Crippen molar-refractivity contribution in [3.63, 3.8) is 0 Å². The van der Waals surface area contributed by atoms with Gasteiger partial charge in [0.2, 0.25) is 5.95 Å². The number of aryl methyl sites for hydroxylation is 1. The molecule has 5 heteroatoms. The van der Waals surface area contributed by atoms with Crippen LogP contribution in [0.1, 0.15) is 25.3 Å². The highest BCUT2D eigenvalue weighted by Crippen LogP contribution is 2.26. The lowest BCUT2D eigenvalue weighted by Crippen LogP contribution is -2.09. The van der Waals surface area contributed by atoms with Crippen molar-refractivity contribution in [3.05, 3.63) is 48.0 Å². The highest BCUT2D eigenvalue weighted by molar-refractivity contribution is 5.78. The number of ether oxygens (including phenoxy) is 2. The molecule has 0 unspecified atom stereocenters. The molecule has 25 heavy (non-hydrogen) atoms. The zero-order valence-corrected chi connectivity index (χ0v) is 15.1. The predicted octanol–water partition coefficient (Wildman–Crippen LogP) is 4.47. The highest BCUT2D eigenvalue weighted by atomic mass is 16.5. The van der Waals surface area contributed by atoms with Gasteiger partial charge in [0.15, 0.2) is 0 Å². The molecular formula is C20H25N3O2. The first-order valence-electron chi connectivity index (χ1n) is 8.66. The van der Waals surface area contributed by atoms with Crippen LogP contribution in [0.5, 0.6) is 11.5 Å². The van der Waals surface area contributed by atoms with Crippen LogP contribution < -0.4 is 14.8 Å². The van der Waals surface area contributed by atoms with Gasteiger partial charge < -0.3 is 19.4 Å². The van der Waals surface area contributed by atoms with Crippen molar-refractivity contribution in [1.29, 1.82) is 0 Å². The van der Waals surface area contributed by atoms with Gasteiger partial charge in [0.1, 0.15) is 11.5 Å². The maximum Gasteiger partial charge on any atom is 0.204 e. The molecule has 0 spiro atoms. The van der Waals surface area contributed by atoms with Crippen LogP contribution in [-0.4, -0.2) is 23.8 Å². The summed E-state index contributed by atoms with van der Waals surface area (Å²) in [5.41, 5.74) is 3.21. The molecule has 1 N–H and O–H groups in total. The van der Waals surface area contributed by atoms with Crippen LogP contribution in [0.4, 0.5) is 5.95 Å². The van der Waals surface area contributed by atoms with E-state index in [0.717, 1.165) is 53.4 Å². The van der Waals surface area contributed by atoms with E-state index in [2.05, 4.69) is 35.0 Å². The Bertz CT molecular complexity index is 842. The molecule has 0 aliphatic carbocycles. The maximum atomic E-state index is 5.46. The van der Waals surface area contributed by atoms with Gasteiger partial charge in [0, 0.05) is 18.7 Å². The van der Waals surface area contributed by atoms with E-state index >= 15 is 0 Å². The predicted molar refractivity (Wildman–Crippen MR) is 102 cm³/mol. The first kappa shape index (κ1) is 17.1.